The molecular weight excluding hydrogens is 130 g/mol. The van der Waals surface area contributed by atoms with Crippen LogP contribution in [0.25, 0.3) is 0 Å². The largest absolute Gasteiger partial charge is 0.421 e. The van der Waals surface area contributed by atoms with E-state index < -0.39 is 8.59 Å². The number of nitrogens with zero attached hydrogens (tertiary/aromatic N) is 1. The quantitative estimate of drug-likeness (QED) is 0.359. The van der Waals surface area contributed by atoms with Gasteiger partial charge in [-0.3, -0.25) is 0 Å². The van der Waals surface area contributed by atoms with Gasteiger partial charge in [0.2, 0.25) is 0 Å². The van der Waals surface area contributed by atoms with Gasteiger partial charge in [0.25, 0.3) is 0 Å². The molecule has 0 spiro atoms. The van der Waals surface area contributed by atoms with Crippen LogP contribution in [0.5, 0.6) is 0 Å². The molecule has 1 N–H and O–H groups in total. The molecule has 0 aliphatic rings. The predicted molar refractivity (Wildman–Crippen MR) is 40.1 cm³/mol. The maximum atomic E-state index is 8.42. The number of rotatable bonds is 2. The molecule has 0 unspecified atom stereocenters. The van der Waals surface area contributed by atoms with Crippen LogP contribution >= 0.6 is 0 Å². The van der Waals surface area contributed by atoms with Crippen LogP contribution in [0.4, 0.5) is 0 Å². The summed E-state index contributed by atoms with van der Waals surface area (Å²) in [5.41, 5.74) is 0. The molecule has 0 aromatic heterocycles. The minimum atomic E-state index is -0.994. The third kappa shape index (κ3) is 2.09. The Bertz CT molecular complexity index is 140. The molecule has 0 aliphatic carbocycles. The van der Waals surface area contributed by atoms with Crippen LogP contribution in [-0.2, 0) is 0 Å². The van der Waals surface area contributed by atoms with E-state index in [1.807, 2.05) is 26.5 Å². The first-order valence-corrected chi connectivity index (χ1v) is 4.82. The lowest BCUT2D eigenvalue weighted by Crippen LogP contribution is -2.12. The Morgan fingerprint density at radius 1 is 1.67 bits per heavy atom. The summed E-state index contributed by atoms with van der Waals surface area (Å²) in [6.45, 7) is 9.65. The number of hydrogen-bond donors (Lipinski definition) is 1. The van der Waals surface area contributed by atoms with E-state index in [9.17, 15) is 0 Å². The highest BCUT2D eigenvalue weighted by Crippen LogP contribution is 2.25. The van der Waals surface area contributed by atoms with Crippen molar-refractivity contribution in [2.75, 3.05) is 0 Å². The van der Waals surface area contributed by atoms with Gasteiger partial charge in [0.15, 0.2) is 8.59 Å². The van der Waals surface area contributed by atoms with E-state index in [1.54, 1.807) is 0 Å². The van der Waals surface area contributed by atoms with Gasteiger partial charge < -0.3 is 5.21 Å². The standard InChI is InChI=1S/C6H13NOSi/c1-5-6(2,3)9(4)7-8/h5,8H,1H2,2-4H3. The van der Waals surface area contributed by atoms with Crippen molar-refractivity contribution in [3.05, 3.63) is 12.7 Å². The Labute approximate surface area is 57.5 Å². The highest BCUT2D eigenvalue weighted by atomic mass is 28.2. The van der Waals surface area contributed by atoms with Gasteiger partial charge in [-0.25, -0.2) is 0 Å². The second-order valence-electron chi connectivity index (χ2n) is 2.61. The summed E-state index contributed by atoms with van der Waals surface area (Å²) in [6, 6.07) is 0. The monoisotopic (exact) mass is 143 g/mol. The molecule has 3 heteroatoms. The van der Waals surface area contributed by atoms with Crippen molar-refractivity contribution in [1.29, 1.82) is 0 Å². The van der Waals surface area contributed by atoms with Gasteiger partial charge >= 0.3 is 0 Å². The normalized spacial score (nSPS) is 13.4. The lowest BCUT2D eigenvalue weighted by atomic mass is 10.2. The Morgan fingerprint density at radius 2 is 2.11 bits per heavy atom. The van der Waals surface area contributed by atoms with E-state index in [2.05, 4.69) is 11.4 Å². The van der Waals surface area contributed by atoms with E-state index in [0.29, 0.717) is 0 Å². The van der Waals surface area contributed by atoms with E-state index in [0.717, 1.165) is 0 Å². The third-order valence-corrected chi connectivity index (χ3v) is 3.96. The van der Waals surface area contributed by atoms with Crippen LogP contribution in [0.3, 0.4) is 0 Å². The smallest absolute Gasteiger partial charge is 0.186 e. The second kappa shape index (κ2) is 2.92. The molecule has 0 bridgehead atoms. The van der Waals surface area contributed by atoms with Crippen molar-refractivity contribution in [3.63, 3.8) is 0 Å². The lowest BCUT2D eigenvalue weighted by Gasteiger charge is -2.15. The van der Waals surface area contributed by atoms with E-state index >= 15 is 0 Å². The van der Waals surface area contributed by atoms with Crippen LogP contribution < -0.4 is 0 Å². The summed E-state index contributed by atoms with van der Waals surface area (Å²) in [5.74, 6) is 0. The fourth-order valence-electron chi connectivity index (χ4n) is 0.277. The molecular formula is C6H13NOSi. The first-order valence-electron chi connectivity index (χ1n) is 2.87. The number of hydrogen-bond acceptors (Lipinski definition) is 2. The average Bonchev–Trinajstić information content (AvgIpc) is 1.86. The molecule has 0 atom stereocenters. The minimum Gasteiger partial charge on any atom is -0.421 e. The van der Waals surface area contributed by atoms with Crippen LogP contribution in [0.1, 0.15) is 13.8 Å². The predicted octanol–water partition coefficient (Wildman–Crippen LogP) is 2.23. The van der Waals surface area contributed by atoms with Gasteiger partial charge in [0.1, 0.15) is 0 Å². The summed E-state index contributed by atoms with van der Waals surface area (Å²) in [6.07, 6.45) is 1.83. The topological polar surface area (TPSA) is 32.6 Å². The first-order chi connectivity index (χ1) is 4.04. The van der Waals surface area contributed by atoms with Gasteiger partial charge in [0.05, 0.1) is 0 Å². The third-order valence-electron chi connectivity index (χ3n) is 1.59. The fourth-order valence-corrected chi connectivity index (χ4v) is 0.830. The molecule has 0 saturated heterocycles. The van der Waals surface area contributed by atoms with Crippen LogP contribution in [-0.4, -0.2) is 13.8 Å². The van der Waals surface area contributed by atoms with Gasteiger partial charge in [-0.1, -0.05) is 19.9 Å². The maximum absolute atomic E-state index is 8.42. The molecule has 0 radical (unpaired) electrons. The minimum absolute atomic E-state index is 0.000579. The summed E-state index contributed by atoms with van der Waals surface area (Å²) >= 11 is 0. The molecule has 9 heavy (non-hydrogen) atoms. The van der Waals surface area contributed by atoms with E-state index in [4.69, 9.17) is 5.21 Å². The van der Waals surface area contributed by atoms with E-state index in [-0.39, 0.29) is 5.04 Å². The van der Waals surface area contributed by atoms with Crippen molar-refractivity contribution in [2.45, 2.75) is 25.4 Å². The molecule has 52 valence electrons. The summed E-state index contributed by atoms with van der Waals surface area (Å²) in [5, 5.41) is 8.42. The van der Waals surface area contributed by atoms with Crippen molar-refractivity contribution < 1.29 is 5.21 Å². The molecule has 0 heterocycles. The molecule has 0 aromatic carbocycles. The lowest BCUT2D eigenvalue weighted by molar-refractivity contribution is 0.321. The van der Waals surface area contributed by atoms with Crippen LogP contribution in [0, 0.1) is 0 Å². The van der Waals surface area contributed by atoms with Gasteiger partial charge in [0, 0.05) is 5.04 Å². The first kappa shape index (κ1) is 8.56. The zero-order valence-corrected chi connectivity index (χ0v) is 7.18. The molecule has 0 amide bonds. The summed E-state index contributed by atoms with van der Waals surface area (Å²) in [4.78, 5) is 3.26. The molecule has 0 rings (SSSR count). The summed E-state index contributed by atoms with van der Waals surface area (Å²) in [7, 11) is -0.994. The molecule has 0 saturated carbocycles. The molecule has 0 fully saturated rings. The Hall–Kier alpha value is -0.443. The molecule has 2 nitrogen and oxygen atoms in total. The molecule has 0 aromatic rings. The van der Waals surface area contributed by atoms with Crippen molar-refractivity contribution in [3.8, 4) is 0 Å². The highest BCUT2D eigenvalue weighted by molar-refractivity contribution is 6.49. The summed E-state index contributed by atoms with van der Waals surface area (Å²) < 4.78 is 0. The zero-order chi connectivity index (χ0) is 7.49. The van der Waals surface area contributed by atoms with Crippen LogP contribution in [0.15, 0.2) is 17.5 Å². The SMILES string of the molecule is C=CC(C)(C)[Si](C)=NO. The fraction of sp³-hybridized carbons (Fsp3) is 0.667. The van der Waals surface area contributed by atoms with Crippen LogP contribution in [0.2, 0.25) is 11.6 Å². The Kier molecular flexibility index (Phi) is 2.77. The Morgan fingerprint density at radius 3 is 2.22 bits per heavy atom. The van der Waals surface area contributed by atoms with Gasteiger partial charge in [-0.2, -0.15) is 4.80 Å². The molecule has 0 aliphatic heterocycles. The Balaban J connectivity index is 4.32. The average molecular weight is 143 g/mol. The van der Waals surface area contributed by atoms with E-state index in [1.165, 1.54) is 0 Å². The maximum Gasteiger partial charge on any atom is 0.186 e. The second-order valence-corrected chi connectivity index (χ2v) is 5.27. The van der Waals surface area contributed by atoms with Gasteiger partial charge in [-0.05, 0) is 6.55 Å². The van der Waals surface area contributed by atoms with Gasteiger partial charge in [-0.15, -0.1) is 6.58 Å². The van der Waals surface area contributed by atoms with Crippen molar-refractivity contribution in [2.24, 2.45) is 4.80 Å². The number of allylic oxidation sites excluding steroid dienone is 1. The van der Waals surface area contributed by atoms with Crippen molar-refractivity contribution in [1.82, 2.24) is 0 Å². The highest BCUT2D eigenvalue weighted by Gasteiger charge is 2.18. The zero-order valence-electron chi connectivity index (χ0n) is 6.18. The van der Waals surface area contributed by atoms with Crippen molar-refractivity contribution >= 4 is 8.59 Å².